The highest BCUT2D eigenvalue weighted by Gasteiger charge is 2.17. The Morgan fingerprint density at radius 2 is 1.93 bits per heavy atom. The van der Waals surface area contributed by atoms with Gasteiger partial charge in [0.15, 0.2) is 11.0 Å². The van der Waals surface area contributed by atoms with Crippen LogP contribution in [-0.2, 0) is 4.79 Å². The van der Waals surface area contributed by atoms with E-state index in [9.17, 15) is 9.18 Å². The number of benzene rings is 2. The Labute approximate surface area is 177 Å². The fourth-order valence-corrected chi connectivity index (χ4v) is 3.60. The predicted octanol–water partition coefficient (Wildman–Crippen LogP) is 4.51. The largest absolute Gasteiger partial charge is 0.325 e. The van der Waals surface area contributed by atoms with Gasteiger partial charge in [-0.05, 0) is 48.9 Å². The molecule has 8 heteroatoms. The minimum atomic E-state index is -0.356. The van der Waals surface area contributed by atoms with E-state index >= 15 is 0 Å². The molecular weight excluding hydrogens is 401 g/mol. The molecule has 2 aromatic carbocycles. The monoisotopic (exact) mass is 419 g/mol. The molecule has 0 fully saturated rings. The zero-order chi connectivity index (χ0) is 20.9. The van der Waals surface area contributed by atoms with Crippen LogP contribution in [0.4, 0.5) is 10.1 Å². The molecule has 0 saturated carbocycles. The molecule has 4 aromatic rings. The van der Waals surface area contributed by atoms with Gasteiger partial charge in [0.1, 0.15) is 5.82 Å². The number of thioether (sulfide) groups is 1. The molecule has 0 atom stereocenters. The summed E-state index contributed by atoms with van der Waals surface area (Å²) in [4.78, 5) is 16.5. The first-order valence-corrected chi connectivity index (χ1v) is 10.2. The number of aryl methyl sites for hydroxylation is 1. The van der Waals surface area contributed by atoms with E-state index in [1.807, 2.05) is 47.0 Å². The number of amides is 1. The molecule has 0 spiro atoms. The van der Waals surface area contributed by atoms with E-state index in [-0.39, 0.29) is 17.5 Å². The molecule has 0 aliphatic carbocycles. The molecule has 2 heterocycles. The van der Waals surface area contributed by atoms with Crippen molar-refractivity contribution in [3.8, 4) is 17.1 Å². The molecule has 0 bridgehead atoms. The fourth-order valence-electron chi connectivity index (χ4n) is 2.85. The number of nitrogens with zero attached hydrogens (tertiary/aromatic N) is 4. The third-order valence-corrected chi connectivity index (χ3v) is 5.28. The lowest BCUT2D eigenvalue weighted by atomic mass is 10.2. The van der Waals surface area contributed by atoms with Crippen molar-refractivity contribution in [1.82, 2.24) is 19.7 Å². The quantitative estimate of drug-likeness (QED) is 0.466. The van der Waals surface area contributed by atoms with E-state index in [1.165, 1.54) is 17.8 Å². The van der Waals surface area contributed by atoms with E-state index in [2.05, 4.69) is 20.5 Å². The van der Waals surface area contributed by atoms with Crippen LogP contribution in [0.15, 0.2) is 78.2 Å². The van der Waals surface area contributed by atoms with Crippen LogP contribution in [0.3, 0.4) is 0 Å². The van der Waals surface area contributed by atoms with Crippen LogP contribution < -0.4 is 5.32 Å². The van der Waals surface area contributed by atoms with Crippen molar-refractivity contribution >= 4 is 23.4 Å². The summed E-state index contributed by atoms with van der Waals surface area (Å²) >= 11 is 1.26. The molecule has 0 radical (unpaired) electrons. The lowest BCUT2D eigenvalue weighted by Crippen LogP contribution is -2.14. The first-order valence-electron chi connectivity index (χ1n) is 9.22. The van der Waals surface area contributed by atoms with Crippen molar-refractivity contribution in [3.05, 3.63) is 84.4 Å². The highest BCUT2D eigenvalue weighted by atomic mass is 32.2. The topological polar surface area (TPSA) is 72.7 Å². The van der Waals surface area contributed by atoms with Gasteiger partial charge >= 0.3 is 0 Å². The Kier molecular flexibility index (Phi) is 5.85. The maximum absolute atomic E-state index is 13.7. The van der Waals surface area contributed by atoms with Gasteiger partial charge in [-0.1, -0.05) is 36.0 Å². The summed E-state index contributed by atoms with van der Waals surface area (Å²) in [6, 6.07) is 18.0. The Morgan fingerprint density at radius 3 is 2.67 bits per heavy atom. The number of carbonyl (C=O) groups is 1. The first-order chi connectivity index (χ1) is 14.6. The number of para-hydroxylation sites is 1. The molecule has 0 unspecified atom stereocenters. The average molecular weight is 419 g/mol. The molecule has 2 aromatic heterocycles. The van der Waals surface area contributed by atoms with Gasteiger partial charge in [0.2, 0.25) is 5.91 Å². The van der Waals surface area contributed by atoms with Gasteiger partial charge < -0.3 is 5.32 Å². The Balaban J connectivity index is 1.56. The number of carbonyl (C=O) groups excluding carboxylic acids is 1. The Bertz CT molecular complexity index is 1160. The molecule has 6 nitrogen and oxygen atoms in total. The molecule has 150 valence electrons. The first kappa shape index (κ1) is 19.8. The van der Waals surface area contributed by atoms with Crippen LogP contribution in [0.5, 0.6) is 0 Å². The van der Waals surface area contributed by atoms with E-state index in [0.29, 0.717) is 22.2 Å². The molecule has 0 aliphatic heterocycles. The van der Waals surface area contributed by atoms with Gasteiger partial charge in [-0.25, -0.2) is 4.39 Å². The van der Waals surface area contributed by atoms with Crippen molar-refractivity contribution in [2.75, 3.05) is 11.1 Å². The highest BCUT2D eigenvalue weighted by molar-refractivity contribution is 7.99. The van der Waals surface area contributed by atoms with Crippen LogP contribution in [0, 0.1) is 12.7 Å². The summed E-state index contributed by atoms with van der Waals surface area (Å²) in [7, 11) is 0. The second-order valence-corrected chi connectivity index (χ2v) is 7.46. The zero-order valence-electron chi connectivity index (χ0n) is 16.1. The number of anilines is 1. The highest BCUT2D eigenvalue weighted by Crippen LogP contribution is 2.27. The van der Waals surface area contributed by atoms with Gasteiger partial charge in [0.05, 0.1) is 5.75 Å². The van der Waals surface area contributed by atoms with Crippen molar-refractivity contribution < 1.29 is 9.18 Å². The third kappa shape index (κ3) is 4.38. The van der Waals surface area contributed by atoms with Gasteiger partial charge in [-0.3, -0.25) is 14.3 Å². The molecule has 0 saturated heterocycles. The zero-order valence-corrected chi connectivity index (χ0v) is 16.9. The van der Waals surface area contributed by atoms with Crippen LogP contribution in [0.2, 0.25) is 0 Å². The lowest BCUT2D eigenvalue weighted by Gasteiger charge is -2.10. The van der Waals surface area contributed by atoms with Gasteiger partial charge in [-0.2, -0.15) is 0 Å². The van der Waals surface area contributed by atoms with E-state index in [1.54, 1.807) is 31.5 Å². The molecule has 30 heavy (non-hydrogen) atoms. The number of pyridine rings is 1. The number of hydrogen-bond donors (Lipinski definition) is 1. The Hall–Kier alpha value is -3.52. The minimum Gasteiger partial charge on any atom is -0.325 e. The second kappa shape index (κ2) is 8.87. The summed E-state index contributed by atoms with van der Waals surface area (Å²) < 4.78 is 15.6. The number of aromatic nitrogens is 4. The van der Waals surface area contributed by atoms with Crippen molar-refractivity contribution in [1.29, 1.82) is 0 Å². The van der Waals surface area contributed by atoms with Crippen molar-refractivity contribution in [3.63, 3.8) is 0 Å². The van der Waals surface area contributed by atoms with E-state index in [0.717, 1.165) is 11.3 Å². The number of nitrogens with one attached hydrogen (secondary N) is 1. The van der Waals surface area contributed by atoms with Gasteiger partial charge in [0, 0.05) is 29.3 Å². The minimum absolute atomic E-state index is 0.105. The maximum atomic E-state index is 13.7. The molecule has 1 N–H and O–H groups in total. The summed E-state index contributed by atoms with van der Waals surface area (Å²) in [6.45, 7) is 1.67. The second-order valence-electron chi connectivity index (χ2n) is 6.52. The number of halogens is 1. The van der Waals surface area contributed by atoms with E-state index < -0.39 is 0 Å². The Morgan fingerprint density at radius 1 is 1.10 bits per heavy atom. The molecule has 0 aliphatic rings. The van der Waals surface area contributed by atoms with Crippen molar-refractivity contribution in [2.45, 2.75) is 12.1 Å². The summed E-state index contributed by atoms with van der Waals surface area (Å²) in [6.07, 6.45) is 3.41. The smallest absolute Gasteiger partial charge is 0.234 e. The van der Waals surface area contributed by atoms with Gasteiger partial charge in [-0.15, -0.1) is 10.2 Å². The summed E-state index contributed by atoms with van der Waals surface area (Å²) in [5.74, 6) is 0.130. The summed E-state index contributed by atoms with van der Waals surface area (Å²) in [5.41, 5.74) is 2.65. The average Bonchev–Trinajstić information content (AvgIpc) is 3.20. The normalized spacial score (nSPS) is 10.7. The summed E-state index contributed by atoms with van der Waals surface area (Å²) in [5, 5.41) is 11.9. The standard InChI is InChI=1S/C22H18FN5OS/c1-15-9-10-17(12-19(15)23)25-20(29)14-30-22-27-26-21(16-6-5-11-24-13-16)28(22)18-7-3-2-4-8-18/h2-13H,14H2,1H3,(H,25,29). The predicted molar refractivity (Wildman–Crippen MR) is 115 cm³/mol. The number of hydrogen-bond acceptors (Lipinski definition) is 5. The van der Waals surface area contributed by atoms with Crippen LogP contribution in [-0.4, -0.2) is 31.4 Å². The fraction of sp³-hybridized carbons (Fsp3) is 0.0909. The maximum Gasteiger partial charge on any atom is 0.234 e. The van der Waals surface area contributed by atoms with Crippen LogP contribution in [0.25, 0.3) is 17.1 Å². The number of rotatable bonds is 6. The lowest BCUT2D eigenvalue weighted by molar-refractivity contribution is -0.113. The van der Waals surface area contributed by atoms with E-state index in [4.69, 9.17) is 0 Å². The molecule has 1 amide bonds. The molecule has 4 rings (SSSR count). The van der Waals surface area contributed by atoms with Crippen molar-refractivity contribution in [2.24, 2.45) is 0 Å². The van der Waals surface area contributed by atoms with Gasteiger partial charge in [0.25, 0.3) is 0 Å². The third-order valence-electron chi connectivity index (χ3n) is 4.36. The SMILES string of the molecule is Cc1ccc(NC(=O)CSc2nnc(-c3cccnc3)n2-c2ccccc2)cc1F. The van der Waals surface area contributed by atoms with Crippen LogP contribution in [0.1, 0.15) is 5.56 Å². The molecular formula is C22H18FN5OS. The van der Waals surface area contributed by atoms with Crippen LogP contribution >= 0.6 is 11.8 Å².